The van der Waals surface area contributed by atoms with E-state index >= 15 is 0 Å². The van der Waals surface area contributed by atoms with Gasteiger partial charge in [0.05, 0.1) is 11.2 Å². The Kier molecular flexibility index (Phi) is 4.46. The van der Waals surface area contributed by atoms with E-state index in [0.29, 0.717) is 24.4 Å². The van der Waals surface area contributed by atoms with Gasteiger partial charge < -0.3 is 10.6 Å². The van der Waals surface area contributed by atoms with E-state index in [9.17, 15) is 9.18 Å². The lowest BCUT2D eigenvalue weighted by atomic mass is 9.90. The molecule has 2 N–H and O–H groups in total. The predicted octanol–water partition coefficient (Wildman–Crippen LogP) is 2.68. The van der Waals surface area contributed by atoms with Crippen molar-refractivity contribution >= 4 is 17.2 Å². The van der Waals surface area contributed by atoms with Crippen LogP contribution in [0.5, 0.6) is 0 Å². The van der Waals surface area contributed by atoms with Crippen LogP contribution >= 0.6 is 11.3 Å². The number of likely N-dealkylation sites (tertiary alicyclic amines) is 1. The van der Waals surface area contributed by atoms with Gasteiger partial charge in [-0.1, -0.05) is 19.1 Å². The Bertz CT molecular complexity index is 700. The summed E-state index contributed by atoms with van der Waals surface area (Å²) in [5, 5.41) is 0.862. The number of nitrogens with two attached hydrogens (primary N) is 1. The summed E-state index contributed by atoms with van der Waals surface area (Å²) < 4.78 is 12.9. The quantitative estimate of drug-likeness (QED) is 0.936. The van der Waals surface area contributed by atoms with Crippen molar-refractivity contribution in [1.82, 2.24) is 9.88 Å². The molecule has 1 unspecified atom stereocenters. The fourth-order valence-corrected chi connectivity index (χ4v) is 3.71. The Balaban J connectivity index is 1.67. The zero-order valence-electron chi connectivity index (χ0n) is 13.1. The molecule has 1 aromatic heterocycles. The van der Waals surface area contributed by atoms with Gasteiger partial charge in [-0.3, -0.25) is 4.79 Å². The molecule has 3 rings (SSSR count). The number of hydrogen-bond donors (Lipinski definition) is 1. The van der Waals surface area contributed by atoms with Crippen LogP contribution in [0, 0.1) is 11.2 Å². The largest absolute Gasteiger partial charge is 0.337 e. The van der Waals surface area contributed by atoms with E-state index in [1.165, 1.54) is 23.5 Å². The number of rotatable bonds is 4. The average Bonchev–Trinajstić information content (AvgIpc) is 3.17. The van der Waals surface area contributed by atoms with Crippen molar-refractivity contribution in [3.8, 4) is 0 Å². The van der Waals surface area contributed by atoms with Crippen LogP contribution in [0.15, 0.2) is 30.5 Å². The first-order valence-corrected chi connectivity index (χ1v) is 8.49. The van der Waals surface area contributed by atoms with Crippen molar-refractivity contribution in [1.29, 1.82) is 0 Å². The van der Waals surface area contributed by atoms with E-state index in [0.717, 1.165) is 23.5 Å². The third-order valence-corrected chi connectivity index (χ3v) is 5.36. The molecule has 1 aromatic carbocycles. The lowest BCUT2D eigenvalue weighted by molar-refractivity contribution is 0.0781. The smallest absolute Gasteiger partial charge is 0.265 e. The van der Waals surface area contributed by atoms with Gasteiger partial charge in [-0.05, 0) is 36.1 Å². The molecule has 0 saturated carbocycles. The van der Waals surface area contributed by atoms with Gasteiger partial charge in [-0.2, -0.15) is 0 Å². The van der Waals surface area contributed by atoms with E-state index in [4.69, 9.17) is 5.73 Å². The van der Waals surface area contributed by atoms with Gasteiger partial charge in [0, 0.05) is 19.5 Å². The number of halogens is 1. The highest BCUT2D eigenvalue weighted by atomic mass is 32.1. The molecule has 2 aromatic rings. The fourth-order valence-electron chi connectivity index (χ4n) is 2.79. The number of aromatic nitrogens is 1. The summed E-state index contributed by atoms with van der Waals surface area (Å²) in [7, 11) is 0. The number of carbonyl (C=O) groups is 1. The summed E-state index contributed by atoms with van der Waals surface area (Å²) in [5.74, 6) is -0.217. The van der Waals surface area contributed by atoms with Crippen molar-refractivity contribution < 1.29 is 9.18 Å². The number of carbonyl (C=O) groups excluding carboxylic acids is 1. The molecule has 23 heavy (non-hydrogen) atoms. The molecule has 1 fully saturated rings. The number of hydrogen-bond acceptors (Lipinski definition) is 4. The van der Waals surface area contributed by atoms with Crippen molar-refractivity contribution in [2.75, 3.05) is 19.6 Å². The molecule has 0 radical (unpaired) electrons. The first kappa shape index (κ1) is 16.1. The van der Waals surface area contributed by atoms with Gasteiger partial charge in [-0.25, -0.2) is 9.37 Å². The Labute approximate surface area is 139 Å². The molecule has 0 spiro atoms. The summed E-state index contributed by atoms with van der Waals surface area (Å²) in [5.41, 5.74) is 6.80. The van der Waals surface area contributed by atoms with Crippen LogP contribution in [-0.4, -0.2) is 35.4 Å². The SMILES string of the molecule is CC1(CN)CCN(C(=O)c2cnc(Cc3ccc(F)cc3)s2)C1. The van der Waals surface area contributed by atoms with Gasteiger partial charge in [0.15, 0.2) is 0 Å². The summed E-state index contributed by atoms with van der Waals surface area (Å²) in [6, 6.07) is 6.36. The molecule has 6 heteroatoms. The van der Waals surface area contributed by atoms with Crippen LogP contribution in [0.1, 0.15) is 33.6 Å². The maximum atomic E-state index is 12.9. The van der Waals surface area contributed by atoms with Crippen molar-refractivity contribution in [2.45, 2.75) is 19.8 Å². The van der Waals surface area contributed by atoms with Crippen LogP contribution in [0.25, 0.3) is 0 Å². The zero-order valence-corrected chi connectivity index (χ0v) is 13.9. The standard InChI is InChI=1S/C17H20FN3OS/c1-17(10-19)6-7-21(11-17)16(22)14-9-20-15(23-14)8-12-2-4-13(18)5-3-12/h2-5,9H,6-8,10-11,19H2,1H3. The fraction of sp³-hybridized carbons (Fsp3) is 0.412. The minimum absolute atomic E-state index is 0.0251. The Morgan fingerprint density at radius 3 is 2.83 bits per heavy atom. The second-order valence-corrected chi connectivity index (χ2v) is 7.53. The van der Waals surface area contributed by atoms with Crippen molar-refractivity contribution in [3.63, 3.8) is 0 Å². The molecule has 0 bridgehead atoms. The van der Waals surface area contributed by atoms with Gasteiger partial charge in [-0.15, -0.1) is 11.3 Å². The Morgan fingerprint density at radius 2 is 2.17 bits per heavy atom. The molecule has 0 aliphatic carbocycles. The first-order valence-electron chi connectivity index (χ1n) is 7.68. The Morgan fingerprint density at radius 1 is 1.43 bits per heavy atom. The van der Waals surface area contributed by atoms with Crippen LogP contribution in [0.4, 0.5) is 4.39 Å². The lowest BCUT2D eigenvalue weighted by Crippen LogP contribution is -2.34. The molecule has 1 aliphatic heterocycles. The van der Waals surface area contributed by atoms with E-state index in [1.807, 2.05) is 4.90 Å². The predicted molar refractivity (Wildman–Crippen MR) is 89.0 cm³/mol. The van der Waals surface area contributed by atoms with Gasteiger partial charge in [0.2, 0.25) is 0 Å². The van der Waals surface area contributed by atoms with Crippen LogP contribution in [0.3, 0.4) is 0 Å². The highest BCUT2D eigenvalue weighted by Gasteiger charge is 2.35. The van der Waals surface area contributed by atoms with Gasteiger partial charge in [0.25, 0.3) is 5.91 Å². The van der Waals surface area contributed by atoms with Crippen LogP contribution < -0.4 is 5.73 Å². The second kappa shape index (κ2) is 6.37. The average molecular weight is 333 g/mol. The summed E-state index contributed by atoms with van der Waals surface area (Å²) >= 11 is 1.41. The van der Waals surface area contributed by atoms with E-state index < -0.39 is 0 Å². The maximum absolute atomic E-state index is 12.9. The molecular weight excluding hydrogens is 313 g/mol. The molecule has 1 atom stereocenters. The van der Waals surface area contributed by atoms with E-state index in [1.54, 1.807) is 18.3 Å². The molecule has 2 heterocycles. The monoisotopic (exact) mass is 333 g/mol. The minimum atomic E-state index is -0.249. The number of benzene rings is 1. The number of thiazole rings is 1. The Hall–Kier alpha value is -1.79. The second-order valence-electron chi connectivity index (χ2n) is 6.41. The topological polar surface area (TPSA) is 59.2 Å². The third-order valence-electron chi connectivity index (χ3n) is 4.37. The minimum Gasteiger partial charge on any atom is -0.337 e. The molecule has 1 amide bonds. The number of amides is 1. The summed E-state index contributed by atoms with van der Waals surface area (Å²) in [4.78, 5) is 19.4. The van der Waals surface area contributed by atoms with Crippen LogP contribution in [0.2, 0.25) is 0 Å². The van der Waals surface area contributed by atoms with Crippen LogP contribution in [-0.2, 0) is 6.42 Å². The molecule has 4 nitrogen and oxygen atoms in total. The molecular formula is C17H20FN3OS. The molecule has 1 aliphatic rings. The van der Waals surface area contributed by atoms with Gasteiger partial charge in [0.1, 0.15) is 10.7 Å². The van der Waals surface area contributed by atoms with Gasteiger partial charge >= 0.3 is 0 Å². The first-order chi connectivity index (χ1) is 11.0. The van der Waals surface area contributed by atoms with E-state index in [2.05, 4.69) is 11.9 Å². The number of nitrogens with zero attached hydrogens (tertiary/aromatic N) is 2. The summed E-state index contributed by atoms with van der Waals surface area (Å²) in [6.07, 6.45) is 3.19. The normalized spacial score (nSPS) is 20.9. The van der Waals surface area contributed by atoms with E-state index in [-0.39, 0.29) is 17.1 Å². The highest BCUT2D eigenvalue weighted by Crippen LogP contribution is 2.30. The molecule has 1 saturated heterocycles. The lowest BCUT2D eigenvalue weighted by Gasteiger charge is -2.22. The summed E-state index contributed by atoms with van der Waals surface area (Å²) in [6.45, 7) is 4.16. The van der Waals surface area contributed by atoms with Crippen molar-refractivity contribution in [3.05, 3.63) is 51.7 Å². The molecule has 122 valence electrons. The zero-order chi connectivity index (χ0) is 16.4. The third kappa shape index (κ3) is 3.59. The van der Waals surface area contributed by atoms with Crippen molar-refractivity contribution in [2.24, 2.45) is 11.1 Å². The highest BCUT2D eigenvalue weighted by molar-refractivity contribution is 7.13. The maximum Gasteiger partial charge on any atom is 0.265 e.